The van der Waals surface area contributed by atoms with Gasteiger partial charge in [-0.1, -0.05) is 43.6 Å². The maximum absolute atomic E-state index is 13.7. The van der Waals surface area contributed by atoms with Crippen molar-refractivity contribution in [2.75, 3.05) is 11.9 Å². The lowest BCUT2D eigenvalue weighted by Crippen LogP contribution is -2.22. The zero-order valence-corrected chi connectivity index (χ0v) is 14.8. The molecule has 0 spiro atoms. The van der Waals surface area contributed by atoms with Crippen LogP contribution in [0.1, 0.15) is 42.1 Å². The number of hydrogen-bond donors (Lipinski definition) is 1. The molecule has 1 atom stereocenters. The highest BCUT2D eigenvalue weighted by molar-refractivity contribution is 6.30. The van der Waals surface area contributed by atoms with Crippen LogP contribution in [0.5, 0.6) is 0 Å². The zero-order valence-electron chi connectivity index (χ0n) is 14.0. The fraction of sp³-hybridized carbons (Fsp3) is 0.263. The number of esters is 1. The van der Waals surface area contributed by atoms with Crippen molar-refractivity contribution >= 4 is 29.2 Å². The Morgan fingerprint density at radius 3 is 2.64 bits per heavy atom. The molecule has 0 aliphatic heterocycles. The van der Waals surface area contributed by atoms with Crippen LogP contribution < -0.4 is 5.32 Å². The van der Waals surface area contributed by atoms with Gasteiger partial charge in [-0.2, -0.15) is 0 Å². The molecule has 1 amide bonds. The van der Waals surface area contributed by atoms with E-state index in [1.54, 1.807) is 6.07 Å². The average molecular weight is 364 g/mol. The summed E-state index contributed by atoms with van der Waals surface area (Å²) in [6, 6.07) is 11.1. The second-order valence-corrected chi connectivity index (χ2v) is 6.08. The summed E-state index contributed by atoms with van der Waals surface area (Å²) < 4.78 is 18.5. The number of hydrogen-bond acceptors (Lipinski definition) is 3. The lowest BCUT2D eigenvalue weighted by molar-refractivity contribution is -0.119. The van der Waals surface area contributed by atoms with Gasteiger partial charge in [0, 0.05) is 10.7 Å². The topological polar surface area (TPSA) is 55.4 Å². The van der Waals surface area contributed by atoms with Crippen LogP contribution in [-0.4, -0.2) is 18.5 Å². The number of carbonyl (C=O) groups is 2. The van der Waals surface area contributed by atoms with Crippen molar-refractivity contribution in [3.05, 3.63) is 64.4 Å². The molecule has 0 aliphatic carbocycles. The minimum atomic E-state index is -0.917. The molecule has 0 saturated carbocycles. The number of carbonyl (C=O) groups excluding carboxylic acids is 2. The highest BCUT2D eigenvalue weighted by Gasteiger charge is 2.16. The normalized spacial score (nSPS) is 11.7. The van der Waals surface area contributed by atoms with Crippen molar-refractivity contribution < 1.29 is 18.7 Å². The van der Waals surface area contributed by atoms with Gasteiger partial charge in [-0.15, -0.1) is 0 Å². The lowest BCUT2D eigenvalue weighted by atomic mass is 9.97. The summed E-state index contributed by atoms with van der Waals surface area (Å²) in [5.74, 6) is -1.92. The van der Waals surface area contributed by atoms with E-state index in [1.807, 2.05) is 18.2 Å². The SMILES string of the molecule is CC[C@@H](C)c1ccccc1NC(=O)COC(=O)c1ccc(Cl)cc1F. The zero-order chi connectivity index (χ0) is 18.4. The van der Waals surface area contributed by atoms with Crippen LogP contribution in [0, 0.1) is 5.82 Å². The third-order valence-corrected chi connectivity index (χ3v) is 4.10. The molecule has 2 aromatic rings. The Morgan fingerprint density at radius 2 is 1.96 bits per heavy atom. The molecule has 0 unspecified atom stereocenters. The summed E-state index contributed by atoms with van der Waals surface area (Å²) in [5.41, 5.74) is 1.42. The number of anilines is 1. The smallest absolute Gasteiger partial charge is 0.341 e. The van der Waals surface area contributed by atoms with Crippen molar-refractivity contribution in [2.24, 2.45) is 0 Å². The number of nitrogens with one attached hydrogen (secondary N) is 1. The first-order valence-electron chi connectivity index (χ1n) is 7.93. The third kappa shape index (κ3) is 5.03. The summed E-state index contributed by atoms with van der Waals surface area (Å²) in [5, 5.41) is 2.90. The van der Waals surface area contributed by atoms with Crippen molar-refractivity contribution in [1.29, 1.82) is 0 Å². The fourth-order valence-corrected chi connectivity index (χ4v) is 2.47. The Hall–Kier alpha value is -2.40. The number of rotatable bonds is 6. The van der Waals surface area contributed by atoms with Crippen LogP contribution in [-0.2, 0) is 9.53 Å². The van der Waals surface area contributed by atoms with Crippen molar-refractivity contribution in [3.8, 4) is 0 Å². The first-order chi connectivity index (χ1) is 11.9. The average Bonchev–Trinajstić information content (AvgIpc) is 2.59. The molecule has 0 bridgehead atoms. The number of amides is 1. The molecule has 0 heterocycles. The van der Waals surface area contributed by atoms with Crippen LogP contribution >= 0.6 is 11.6 Å². The van der Waals surface area contributed by atoms with Gasteiger partial charge in [-0.25, -0.2) is 9.18 Å². The maximum Gasteiger partial charge on any atom is 0.341 e. The summed E-state index contributed by atoms with van der Waals surface area (Å²) in [7, 11) is 0. The highest BCUT2D eigenvalue weighted by atomic mass is 35.5. The number of halogens is 2. The van der Waals surface area contributed by atoms with E-state index in [1.165, 1.54) is 12.1 Å². The summed E-state index contributed by atoms with van der Waals surface area (Å²) in [6.45, 7) is 3.62. The fourth-order valence-electron chi connectivity index (χ4n) is 2.31. The minimum absolute atomic E-state index is 0.174. The molecule has 2 aromatic carbocycles. The Balaban J connectivity index is 1.98. The number of para-hydroxylation sites is 1. The second-order valence-electron chi connectivity index (χ2n) is 5.65. The molecule has 132 valence electrons. The van der Waals surface area contributed by atoms with Crippen LogP contribution in [0.2, 0.25) is 5.02 Å². The van der Waals surface area contributed by atoms with Crippen LogP contribution in [0.15, 0.2) is 42.5 Å². The van der Waals surface area contributed by atoms with E-state index in [9.17, 15) is 14.0 Å². The lowest BCUT2D eigenvalue weighted by Gasteiger charge is -2.15. The molecule has 0 radical (unpaired) electrons. The molecular weight excluding hydrogens is 345 g/mol. The summed E-state index contributed by atoms with van der Waals surface area (Å²) in [6.07, 6.45) is 0.928. The molecule has 4 nitrogen and oxygen atoms in total. The van der Waals surface area contributed by atoms with Crippen LogP contribution in [0.3, 0.4) is 0 Å². The van der Waals surface area contributed by atoms with Gasteiger partial charge < -0.3 is 10.1 Å². The van der Waals surface area contributed by atoms with E-state index >= 15 is 0 Å². The van der Waals surface area contributed by atoms with E-state index < -0.39 is 24.3 Å². The molecule has 6 heteroatoms. The van der Waals surface area contributed by atoms with Crippen LogP contribution in [0.4, 0.5) is 10.1 Å². The number of benzene rings is 2. The molecule has 0 aromatic heterocycles. The molecular formula is C19H19ClFNO3. The van der Waals surface area contributed by atoms with E-state index in [2.05, 4.69) is 19.2 Å². The first kappa shape index (κ1) is 18.9. The Bertz CT molecular complexity index is 779. The molecule has 1 N–H and O–H groups in total. The molecule has 0 fully saturated rings. The standard InChI is InChI=1S/C19H19ClFNO3/c1-3-12(2)14-6-4-5-7-17(14)22-18(23)11-25-19(24)15-9-8-13(20)10-16(15)21/h4-10,12H,3,11H2,1-2H3,(H,22,23)/t12-/m1/s1. The van der Waals surface area contributed by atoms with E-state index in [-0.39, 0.29) is 16.5 Å². The molecule has 25 heavy (non-hydrogen) atoms. The third-order valence-electron chi connectivity index (χ3n) is 3.86. The quantitative estimate of drug-likeness (QED) is 0.751. The molecule has 0 aliphatic rings. The van der Waals surface area contributed by atoms with Crippen molar-refractivity contribution in [3.63, 3.8) is 0 Å². The van der Waals surface area contributed by atoms with Gasteiger partial charge >= 0.3 is 5.97 Å². The van der Waals surface area contributed by atoms with E-state index in [0.29, 0.717) is 5.69 Å². The van der Waals surface area contributed by atoms with Gasteiger partial charge in [0.15, 0.2) is 6.61 Å². The van der Waals surface area contributed by atoms with Gasteiger partial charge in [0.05, 0.1) is 5.56 Å². The maximum atomic E-state index is 13.7. The summed E-state index contributed by atoms with van der Waals surface area (Å²) in [4.78, 5) is 23.9. The predicted molar refractivity (Wildman–Crippen MR) is 95.5 cm³/mol. The predicted octanol–water partition coefficient (Wildman–Crippen LogP) is 4.79. The van der Waals surface area contributed by atoms with Gasteiger partial charge in [-0.3, -0.25) is 4.79 Å². The van der Waals surface area contributed by atoms with Crippen molar-refractivity contribution in [1.82, 2.24) is 0 Å². The molecule has 2 rings (SSSR count). The van der Waals surface area contributed by atoms with Gasteiger partial charge in [0.1, 0.15) is 5.82 Å². The van der Waals surface area contributed by atoms with E-state index in [0.717, 1.165) is 18.1 Å². The van der Waals surface area contributed by atoms with Gasteiger partial charge in [0.25, 0.3) is 5.91 Å². The van der Waals surface area contributed by atoms with E-state index in [4.69, 9.17) is 16.3 Å². The molecule has 0 saturated heterocycles. The summed E-state index contributed by atoms with van der Waals surface area (Å²) >= 11 is 5.64. The number of ether oxygens (including phenoxy) is 1. The Kier molecular flexibility index (Phi) is 6.53. The largest absolute Gasteiger partial charge is 0.452 e. The monoisotopic (exact) mass is 363 g/mol. The highest BCUT2D eigenvalue weighted by Crippen LogP contribution is 2.26. The van der Waals surface area contributed by atoms with Gasteiger partial charge in [-0.05, 0) is 42.2 Å². The van der Waals surface area contributed by atoms with Crippen molar-refractivity contribution in [2.45, 2.75) is 26.2 Å². The van der Waals surface area contributed by atoms with Gasteiger partial charge in [0.2, 0.25) is 0 Å². The first-order valence-corrected chi connectivity index (χ1v) is 8.31. The second kappa shape index (κ2) is 8.62. The van der Waals surface area contributed by atoms with Crippen LogP contribution in [0.25, 0.3) is 0 Å². The Labute approximate surface area is 150 Å². The minimum Gasteiger partial charge on any atom is -0.452 e. The Morgan fingerprint density at radius 1 is 1.24 bits per heavy atom.